The van der Waals surface area contributed by atoms with Gasteiger partial charge in [-0.1, -0.05) is 192 Å². The summed E-state index contributed by atoms with van der Waals surface area (Å²) < 4.78 is 32.9. The van der Waals surface area contributed by atoms with E-state index in [4.69, 9.17) is 0 Å². The van der Waals surface area contributed by atoms with Gasteiger partial charge in [-0.15, -0.1) is 0 Å². The summed E-state index contributed by atoms with van der Waals surface area (Å²) in [4.78, 5) is -0.133. The molecule has 0 radical (unpaired) electrons. The molecule has 0 amide bonds. The van der Waals surface area contributed by atoms with Crippen molar-refractivity contribution in [2.45, 2.75) is 198 Å². The third-order valence-corrected chi connectivity index (χ3v) is 9.38. The maximum absolute atomic E-state index is 11.0. The Balaban J connectivity index is 0.0000160. The van der Waals surface area contributed by atoms with Crippen molar-refractivity contribution in [2.24, 2.45) is 0 Å². The largest absolute Gasteiger partial charge is 1.00 e. The van der Waals surface area contributed by atoms with Gasteiger partial charge in [0.05, 0.1) is 4.90 Å². The first-order valence-corrected chi connectivity index (χ1v) is 19.0. The summed E-state index contributed by atoms with van der Waals surface area (Å²) in [6.45, 7) is 2.30. The number of rotatable bonds is 30. The van der Waals surface area contributed by atoms with Crippen molar-refractivity contribution in [2.75, 3.05) is 0 Å². The van der Waals surface area contributed by atoms with Crippen LogP contribution >= 0.6 is 0 Å². The van der Waals surface area contributed by atoms with E-state index in [1.54, 1.807) is 12.1 Å². The van der Waals surface area contributed by atoms with Crippen LogP contribution in [0.2, 0.25) is 0 Å². The third-order valence-electron chi connectivity index (χ3n) is 8.53. The van der Waals surface area contributed by atoms with Crippen LogP contribution in [0.1, 0.15) is 192 Å². The summed E-state index contributed by atoms with van der Waals surface area (Å²) in [5, 5.41) is 0. The molecule has 5 heteroatoms. The normalized spacial score (nSPS) is 11.6. The Kier molecular flexibility index (Phi) is 30.3. The average Bonchev–Trinajstić information content (AvgIpc) is 2.94. The van der Waals surface area contributed by atoms with Crippen LogP contribution in [0, 0.1) is 0 Å². The van der Waals surface area contributed by atoms with E-state index >= 15 is 0 Å². The molecule has 0 saturated carbocycles. The minimum Gasteiger partial charge on any atom is -0.744 e. The smallest absolute Gasteiger partial charge is 0.744 e. The van der Waals surface area contributed by atoms with Gasteiger partial charge in [0, 0.05) is 0 Å². The molecule has 0 spiro atoms. The Morgan fingerprint density at radius 3 is 0.927 bits per heavy atom. The topological polar surface area (TPSA) is 57.2 Å². The van der Waals surface area contributed by atoms with Crippen LogP contribution < -0.4 is 29.6 Å². The van der Waals surface area contributed by atoms with E-state index in [1.165, 1.54) is 185 Å². The van der Waals surface area contributed by atoms with Crippen molar-refractivity contribution in [1.29, 1.82) is 0 Å². The fourth-order valence-corrected chi connectivity index (χ4v) is 6.29. The first kappa shape index (κ1) is 41.1. The van der Waals surface area contributed by atoms with E-state index in [1.807, 2.05) is 0 Å². The Hall–Kier alpha value is 0.130. The van der Waals surface area contributed by atoms with E-state index < -0.39 is 10.1 Å². The fourth-order valence-electron chi connectivity index (χ4n) is 5.82. The summed E-state index contributed by atoms with van der Waals surface area (Å²) >= 11 is 0. The second-order valence-electron chi connectivity index (χ2n) is 12.4. The summed E-state index contributed by atoms with van der Waals surface area (Å²) in [5.74, 6) is 0. The minimum absolute atomic E-state index is 0. The van der Waals surface area contributed by atoms with Crippen LogP contribution in [0.5, 0.6) is 0 Å². The van der Waals surface area contributed by atoms with E-state index in [9.17, 15) is 13.0 Å². The van der Waals surface area contributed by atoms with Crippen molar-refractivity contribution >= 4 is 10.1 Å². The monoisotopic (exact) mass is 600 g/mol. The van der Waals surface area contributed by atoms with Crippen LogP contribution in [0.25, 0.3) is 0 Å². The summed E-state index contributed by atoms with van der Waals surface area (Å²) in [6, 6.07) is 6.40. The van der Waals surface area contributed by atoms with Crippen molar-refractivity contribution in [3.8, 4) is 0 Å². The van der Waals surface area contributed by atoms with Crippen molar-refractivity contribution in [1.82, 2.24) is 0 Å². The van der Waals surface area contributed by atoms with Crippen LogP contribution in [-0.2, 0) is 16.5 Å². The maximum Gasteiger partial charge on any atom is 1.00 e. The first-order valence-electron chi connectivity index (χ1n) is 17.6. The SMILES string of the molecule is CCCCCCCCCCCCCCCCCCCCCCCCCCCCCCc1ccc(S(=O)(=O)[O-])cc1.[Na+]. The molecular formula is C36H65NaO3S. The predicted molar refractivity (Wildman–Crippen MR) is 173 cm³/mol. The van der Waals surface area contributed by atoms with Crippen LogP contribution in [-0.4, -0.2) is 13.0 Å². The molecule has 0 heterocycles. The maximum atomic E-state index is 11.0. The Labute approximate surface area is 278 Å². The number of unbranched alkanes of at least 4 members (excludes halogenated alkanes) is 27. The van der Waals surface area contributed by atoms with Gasteiger partial charge in [-0.25, -0.2) is 8.42 Å². The molecule has 0 bridgehead atoms. The molecule has 3 nitrogen and oxygen atoms in total. The Morgan fingerprint density at radius 2 is 0.683 bits per heavy atom. The summed E-state index contributed by atoms with van der Waals surface area (Å²) in [7, 11) is -4.33. The van der Waals surface area contributed by atoms with Gasteiger partial charge in [-0.05, 0) is 30.5 Å². The molecule has 0 fully saturated rings. The molecule has 1 aromatic rings. The van der Waals surface area contributed by atoms with Gasteiger partial charge < -0.3 is 4.55 Å². The Bertz CT molecular complexity index is 764. The quantitative estimate of drug-likeness (QED) is 0.0503. The zero-order valence-corrected chi connectivity index (χ0v) is 30.3. The molecule has 0 aromatic heterocycles. The van der Waals surface area contributed by atoms with Gasteiger partial charge in [-0.3, -0.25) is 0 Å². The van der Waals surface area contributed by atoms with Crippen LogP contribution in [0.4, 0.5) is 0 Å². The van der Waals surface area contributed by atoms with Gasteiger partial charge in [-0.2, -0.15) is 0 Å². The molecule has 0 N–H and O–H groups in total. The second kappa shape index (κ2) is 30.2. The molecule has 41 heavy (non-hydrogen) atoms. The summed E-state index contributed by atoms with van der Waals surface area (Å²) in [5.41, 5.74) is 1.11. The third kappa shape index (κ3) is 27.4. The van der Waals surface area contributed by atoms with Gasteiger partial charge >= 0.3 is 29.6 Å². The van der Waals surface area contributed by atoms with Gasteiger partial charge in [0.25, 0.3) is 0 Å². The molecule has 1 aromatic carbocycles. The molecule has 0 aliphatic rings. The molecule has 1 rings (SSSR count). The average molecular weight is 601 g/mol. The molecule has 0 saturated heterocycles. The standard InChI is InChI=1S/C36H66O3S.Na/c1-2-3-4-5-6-7-8-9-10-11-12-13-14-15-16-17-18-19-20-21-22-23-24-25-26-27-28-29-30-35-31-33-36(34-32-35)40(37,38)39;/h31-34H,2-30H2,1H3,(H,37,38,39);/q;+1/p-1. The van der Waals surface area contributed by atoms with Crippen LogP contribution in [0.3, 0.4) is 0 Å². The Morgan fingerprint density at radius 1 is 0.439 bits per heavy atom. The first-order chi connectivity index (χ1) is 19.5. The van der Waals surface area contributed by atoms with Crippen LogP contribution in [0.15, 0.2) is 29.2 Å². The summed E-state index contributed by atoms with van der Waals surface area (Å²) in [6.07, 6.45) is 40.5. The molecular weight excluding hydrogens is 535 g/mol. The molecule has 0 aliphatic heterocycles. The van der Waals surface area contributed by atoms with Gasteiger partial charge in [0.15, 0.2) is 0 Å². The van der Waals surface area contributed by atoms with E-state index in [2.05, 4.69) is 6.92 Å². The van der Waals surface area contributed by atoms with E-state index in [-0.39, 0.29) is 34.5 Å². The number of aryl methyl sites for hydroxylation is 1. The number of benzene rings is 1. The molecule has 0 unspecified atom stereocenters. The molecule has 234 valence electrons. The van der Waals surface area contributed by atoms with E-state index in [0.717, 1.165) is 18.4 Å². The fraction of sp³-hybridized carbons (Fsp3) is 0.833. The molecule has 0 aliphatic carbocycles. The zero-order chi connectivity index (χ0) is 29.0. The predicted octanol–water partition coefficient (Wildman–Crippen LogP) is 9.08. The van der Waals surface area contributed by atoms with Gasteiger partial charge in [0.1, 0.15) is 10.1 Å². The van der Waals surface area contributed by atoms with Crippen molar-refractivity contribution in [3.63, 3.8) is 0 Å². The minimum atomic E-state index is -4.33. The van der Waals surface area contributed by atoms with E-state index in [0.29, 0.717) is 0 Å². The number of hydrogen-bond acceptors (Lipinski definition) is 3. The number of hydrogen-bond donors (Lipinski definition) is 0. The van der Waals surface area contributed by atoms with Crippen molar-refractivity contribution in [3.05, 3.63) is 29.8 Å². The van der Waals surface area contributed by atoms with Crippen molar-refractivity contribution < 1.29 is 42.5 Å². The second-order valence-corrected chi connectivity index (χ2v) is 13.8. The van der Waals surface area contributed by atoms with Gasteiger partial charge in [0.2, 0.25) is 0 Å². The molecule has 0 atom stereocenters. The zero-order valence-electron chi connectivity index (χ0n) is 27.4.